The smallest absolute Gasteiger partial charge is 0.167 e. The number of morpholine rings is 1. The van der Waals surface area contributed by atoms with E-state index >= 15 is 0 Å². The molecule has 3 aliphatic rings. The Labute approximate surface area is 119 Å². The zero-order valence-electron chi connectivity index (χ0n) is 11.9. The molecule has 1 N–H and O–H groups in total. The summed E-state index contributed by atoms with van der Waals surface area (Å²) in [7, 11) is 0. The van der Waals surface area contributed by atoms with Gasteiger partial charge in [0.2, 0.25) is 0 Å². The molecule has 2 fully saturated rings. The quantitative estimate of drug-likeness (QED) is 0.852. The van der Waals surface area contributed by atoms with Crippen LogP contribution < -0.4 is 5.32 Å². The SMILES string of the molecule is CC1C=CC(OCC2CNCCO2)=C2C(=O)CCC2=C1. The fourth-order valence-corrected chi connectivity index (χ4v) is 2.86. The van der Waals surface area contributed by atoms with Crippen LogP contribution in [-0.4, -0.2) is 38.2 Å². The van der Waals surface area contributed by atoms with Gasteiger partial charge in [0.25, 0.3) is 0 Å². The Morgan fingerprint density at radius 2 is 2.35 bits per heavy atom. The van der Waals surface area contributed by atoms with E-state index in [0.29, 0.717) is 18.9 Å². The first kappa shape index (κ1) is 13.6. The number of rotatable bonds is 3. The average molecular weight is 275 g/mol. The Kier molecular flexibility index (Phi) is 4.03. The highest BCUT2D eigenvalue weighted by Crippen LogP contribution is 2.34. The van der Waals surface area contributed by atoms with Gasteiger partial charge in [-0.05, 0) is 24.0 Å². The minimum Gasteiger partial charge on any atom is -0.490 e. The second-order valence-corrected chi connectivity index (χ2v) is 5.58. The average Bonchev–Trinajstić information content (AvgIpc) is 2.73. The van der Waals surface area contributed by atoms with Crippen molar-refractivity contribution in [1.82, 2.24) is 5.32 Å². The van der Waals surface area contributed by atoms with Crippen LogP contribution >= 0.6 is 0 Å². The number of fused-ring (bicyclic) bond motifs is 1. The molecule has 0 spiro atoms. The largest absolute Gasteiger partial charge is 0.490 e. The van der Waals surface area contributed by atoms with Crippen molar-refractivity contribution >= 4 is 5.78 Å². The summed E-state index contributed by atoms with van der Waals surface area (Å²) in [6.07, 6.45) is 7.72. The van der Waals surface area contributed by atoms with Crippen LogP contribution in [0, 0.1) is 5.92 Å². The third kappa shape index (κ3) is 2.86. The predicted octanol–water partition coefficient (Wildman–Crippen LogP) is 1.74. The van der Waals surface area contributed by atoms with Crippen LogP contribution in [0.3, 0.4) is 0 Å². The second-order valence-electron chi connectivity index (χ2n) is 5.58. The molecule has 2 aliphatic carbocycles. The van der Waals surface area contributed by atoms with E-state index in [1.165, 1.54) is 0 Å². The number of hydrogen-bond acceptors (Lipinski definition) is 4. The van der Waals surface area contributed by atoms with Gasteiger partial charge in [-0.25, -0.2) is 0 Å². The number of carbonyl (C=O) groups excluding carboxylic acids is 1. The molecule has 1 heterocycles. The Hall–Kier alpha value is -1.39. The number of nitrogens with one attached hydrogen (secondary N) is 1. The van der Waals surface area contributed by atoms with Crippen molar-refractivity contribution in [3.05, 3.63) is 35.1 Å². The van der Waals surface area contributed by atoms with Crippen LogP contribution in [0.25, 0.3) is 0 Å². The van der Waals surface area contributed by atoms with Gasteiger partial charge in [0.1, 0.15) is 18.5 Å². The molecule has 2 atom stereocenters. The van der Waals surface area contributed by atoms with Crippen LogP contribution in [0.2, 0.25) is 0 Å². The van der Waals surface area contributed by atoms with E-state index in [1.54, 1.807) is 0 Å². The van der Waals surface area contributed by atoms with Gasteiger partial charge in [-0.1, -0.05) is 19.1 Å². The molecule has 1 aliphatic heterocycles. The molecule has 1 saturated carbocycles. The summed E-state index contributed by atoms with van der Waals surface area (Å²) in [6.45, 7) is 5.04. The Morgan fingerprint density at radius 3 is 3.15 bits per heavy atom. The molecular weight excluding hydrogens is 254 g/mol. The number of ether oxygens (including phenoxy) is 2. The molecule has 1 saturated heterocycles. The van der Waals surface area contributed by atoms with E-state index in [4.69, 9.17) is 9.47 Å². The lowest BCUT2D eigenvalue weighted by Crippen LogP contribution is -2.40. The first-order chi connectivity index (χ1) is 9.74. The van der Waals surface area contributed by atoms with Gasteiger partial charge >= 0.3 is 0 Å². The van der Waals surface area contributed by atoms with Crippen molar-refractivity contribution in [2.75, 3.05) is 26.3 Å². The number of carbonyl (C=O) groups is 1. The topological polar surface area (TPSA) is 47.6 Å². The first-order valence-electron chi connectivity index (χ1n) is 7.36. The van der Waals surface area contributed by atoms with Gasteiger partial charge in [0.15, 0.2) is 5.78 Å². The normalized spacial score (nSPS) is 30.1. The highest BCUT2D eigenvalue weighted by molar-refractivity contribution is 6.03. The van der Waals surface area contributed by atoms with Crippen LogP contribution in [0.1, 0.15) is 19.8 Å². The molecule has 4 nitrogen and oxygen atoms in total. The van der Waals surface area contributed by atoms with Gasteiger partial charge in [-0.3, -0.25) is 4.79 Å². The molecule has 0 amide bonds. The summed E-state index contributed by atoms with van der Waals surface area (Å²) in [5, 5.41) is 3.28. The molecular formula is C16H21NO3. The summed E-state index contributed by atoms with van der Waals surface area (Å²) < 4.78 is 11.5. The summed E-state index contributed by atoms with van der Waals surface area (Å²) >= 11 is 0. The van der Waals surface area contributed by atoms with E-state index in [-0.39, 0.29) is 11.9 Å². The van der Waals surface area contributed by atoms with E-state index < -0.39 is 0 Å². The summed E-state index contributed by atoms with van der Waals surface area (Å²) in [4.78, 5) is 12.1. The van der Waals surface area contributed by atoms with Gasteiger partial charge in [0, 0.05) is 19.5 Å². The molecule has 3 rings (SSSR count). The Balaban J connectivity index is 1.75. The minimum absolute atomic E-state index is 0.0647. The summed E-state index contributed by atoms with van der Waals surface area (Å²) in [5.41, 5.74) is 1.93. The van der Waals surface area contributed by atoms with Gasteiger partial charge in [-0.15, -0.1) is 0 Å². The zero-order valence-corrected chi connectivity index (χ0v) is 11.9. The van der Waals surface area contributed by atoms with Crippen molar-refractivity contribution in [2.45, 2.75) is 25.9 Å². The minimum atomic E-state index is 0.0647. The number of allylic oxidation sites excluding steroid dienone is 5. The van der Waals surface area contributed by atoms with E-state index in [2.05, 4.69) is 24.4 Å². The summed E-state index contributed by atoms with van der Waals surface area (Å²) in [5.74, 6) is 1.27. The maximum absolute atomic E-state index is 12.1. The van der Waals surface area contributed by atoms with Crippen molar-refractivity contribution in [1.29, 1.82) is 0 Å². The molecule has 0 radical (unpaired) electrons. The second kappa shape index (κ2) is 5.94. The molecule has 2 unspecified atom stereocenters. The number of ketones is 1. The van der Waals surface area contributed by atoms with E-state index in [9.17, 15) is 4.79 Å². The third-order valence-corrected chi connectivity index (χ3v) is 3.91. The third-order valence-electron chi connectivity index (χ3n) is 3.91. The standard InChI is InChI=1S/C16H21NO3/c1-11-2-5-15(16-12(8-11)3-4-14(16)18)20-10-13-9-17-6-7-19-13/h2,5,8,11,13,17H,3-4,6-7,9-10H2,1H3. The monoisotopic (exact) mass is 275 g/mol. The van der Waals surface area contributed by atoms with Crippen molar-refractivity contribution in [3.63, 3.8) is 0 Å². The Bertz CT molecular complexity index is 484. The number of hydrogen-bond donors (Lipinski definition) is 1. The highest BCUT2D eigenvalue weighted by Gasteiger charge is 2.28. The molecule has 0 aromatic heterocycles. The van der Waals surface area contributed by atoms with Gasteiger partial charge < -0.3 is 14.8 Å². The van der Waals surface area contributed by atoms with Gasteiger partial charge in [-0.2, -0.15) is 0 Å². The van der Waals surface area contributed by atoms with E-state index in [1.807, 2.05) is 6.08 Å². The number of Topliss-reactive ketones (excluding diaryl/α,β-unsaturated/α-hetero) is 1. The fourth-order valence-electron chi connectivity index (χ4n) is 2.86. The molecule has 0 aromatic carbocycles. The Morgan fingerprint density at radius 1 is 1.45 bits per heavy atom. The summed E-state index contributed by atoms with van der Waals surface area (Å²) in [6, 6.07) is 0. The van der Waals surface area contributed by atoms with Crippen molar-refractivity contribution in [2.24, 2.45) is 5.92 Å². The lowest BCUT2D eigenvalue weighted by Gasteiger charge is -2.24. The van der Waals surface area contributed by atoms with Gasteiger partial charge in [0.05, 0.1) is 12.2 Å². The van der Waals surface area contributed by atoms with Crippen LogP contribution in [-0.2, 0) is 14.3 Å². The molecule has 20 heavy (non-hydrogen) atoms. The van der Waals surface area contributed by atoms with E-state index in [0.717, 1.165) is 43.0 Å². The zero-order chi connectivity index (χ0) is 13.9. The maximum atomic E-state index is 12.1. The van der Waals surface area contributed by atoms with Crippen LogP contribution in [0.15, 0.2) is 35.1 Å². The molecule has 0 aromatic rings. The molecule has 108 valence electrons. The lowest BCUT2D eigenvalue weighted by molar-refractivity contribution is -0.114. The van der Waals surface area contributed by atoms with Crippen LogP contribution in [0.4, 0.5) is 0 Å². The predicted molar refractivity (Wildman–Crippen MR) is 76.2 cm³/mol. The van der Waals surface area contributed by atoms with Crippen molar-refractivity contribution in [3.8, 4) is 0 Å². The van der Waals surface area contributed by atoms with Crippen LogP contribution in [0.5, 0.6) is 0 Å². The van der Waals surface area contributed by atoms with Crippen molar-refractivity contribution < 1.29 is 14.3 Å². The lowest BCUT2D eigenvalue weighted by atomic mass is 10.1. The first-order valence-corrected chi connectivity index (χ1v) is 7.36. The molecule has 0 bridgehead atoms. The maximum Gasteiger partial charge on any atom is 0.167 e. The highest BCUT2D eigenvalue weighted by atomic mass is 16.5. The molecule has 4 heteroatoms. The fraction of sp³-hybridized carbons (Fsp3) is 0.562.